The molecule has 0 radical (unpaired) electrons. The molecule has 0 aromatic carbocycles. The number of carbonyl (C=O) groups is 1. The fourth-order valence-electron chi connectivity index (χ4n) is 3.12. The van der Waals surface area contributed by atoms with Gasteiger partial charge >= 0.3 is 12.1 Å². The van der Waals surface area contributed by atoms with E-state index in [0.717, 1.165) is 19.3 Å². The van der Waals surface area contributed by atoms with Crippen LogP contribution in [0.1, 0.15) is 30.8 Å². The van der Waals surface area contributed by atoms with E-state index in [-0.39, 0.29) is 12.2 Å². The highest BCUT2D eigenvalue weighted by Crippen LogP contribution is 2.29. The van der Waals surface area contributed by atoms with Gasteiger partial charge < -0.3 is 8.92 Å². The summed E-state index contributed by atoms with van der Waals surface area (Å²) in [5, 5.41) is 3.35. The Kier molecular flexibility index (Phi) is 4.89. The molecular formula is C17H16F3N5O3S. The van der Waals surface area contributed by atoms with E-state index in [2.05, 4.69) is 24.0 Å². The van der Waals surface area contributed by atoms with E-state index in [9.17, 15) is 22.2 Å². The smallest absolute Gasteiger partial charge is 0.329 e. The van der Waals surface area contributed by atoms with Crippen LogP contribution in [0.25, 0.3) is 17.0 Å². The minimum atomic E-state index is -4.72. The number of aromatic nitrogens is 4. The first-order valence-corrected chi connectivity index (χ1v) is 10.7. The summed E-state index contributed by atoms with van der Waals surface area (Å²) in [5.41, 5.74) is 1.19. The van der Waals surface area contributed by atoms with Gasteiger partial charge in [0.2, 0.25) is 5.82 Å². The minimum Gasteiger partial charge on any atom is -0.329 e. The monoisotopic (exact) mass is 427 g/mol. The van der Waals surface area contributed by atoms with Crippen molar-refractivity contribution in [3.63, 3.8) is 0 Å². The van der Waals surface area contributed by atoms with Crippen LogP contribution in [0.3, 0.4) is 0 Å². The van der Waals surface area contributed by atoms with E-state index in [1.807, 2.05) is 0 Å². The molecule has 0 N–H and O–H groups in total. The van der Waals surface area contributed by atoms with E-state index in [4.69, 9.17) is 0 Å². The first kappa shape index (κ1) is 19.6. The molecule has 29 heavy (non-hydrogen) atoms. The lowest BCUT2D eigenvalue weighted by atomic mass is 10.3. The number of halogens is 3. The molecular weight excluding hydrogens is 411 g/mol. The number of hydrogen-bond acceptors (Lipinski definition) is 6. The minimum absolute atomic E-state index is 0.103. The van der Waals surface area contributed by atoms with Gasteiger partial charge in [0.25, 0.3) is 5.91 Å². The van der Waals surface area contributed by atoms with Gasteiger partial charge in [-0.25, -0.2) is 9.19 Å². The van der Waals surface area contributed by atoms with E-state index in [0.29, 0.717) is 28.4 Å². The molecule has 0 aliphatic carbocycles. The van der Waals surface area contributed by atoms with Gasteiger partial charge in [-0.2, -0.15) is 22.5 Å². The number of amides is 1. The Labute approximate surface area is 163 Å². The highest BCUT2D eigenvalue weighted by Gasteiger charge is 2.38. The zero-order chi connectivity index (χ0) is 20.6. The molecule has 3 aromatic rings. The van der Waals surface area contributed by atoms with E-state index in [1.165, 1.54) is 12.3 Å². The number of pyridine rings is 1. The fourth-order valence-corrected chi connectivity index (χ4v) is 5.25. The molecule has 0 spiro atoms. The van der Waals surface area contributed by atoms with Crippen molar-refractivity contribution in [3.05, 3.63) is 36.1 Å². The number of hydrogen-bond donors (Lipinski definition) is 0. The van der Waals surface area contributed by atoms with Crippen molar-refractivity contribution in [2.24, 2.45) is 4.36 Å². The Morgan fingerprint density at radius 2 is 1.93 bits per heavy atom. The zero-order valence-electron chi connectivity index (χ0n) is 15.1. The summed E-state index contributed by atoms with van der Waals surface area (Å²) in [6.45, 7) is 0. The lowest BCUT2D eigenvalue weighted by Gasteiger charge is -2.14. The van der Waals surface area contributed by atoms with Crippen LogP contribution in [-0.4, -0.2) is 41.1 Å². The van der Waals surface area contributed by atoms with Gasteiger partial charge in [-0.15, -0.1) is 0 Å². The molecule has 1 aliphatic rings. The summed E-state index contributed by atoms with van der Waals surface area (Å²) in [5.74, 6) is -1.25. The summed E-state index contributed by atoms with van der Waals surface area (Å²) < 4.78 is 60.1. The van der Waals surface area contributed by atoms with Crippen LogP contribution in [0.4, 0.5) is 13.2 Å². The lowest BCUT2D eigenvalue weighted by molar-refractivity contribution is -0.159. The van der Waals surface area contributed by atoms with Crippen LogP contribution >= 0.6 is 0 Å². The highest BCUT2D eigenvalue weighted by molar-refractivity contribution is 7.93. The normalized spacial score (nSPS) is 16.8. The second kappa shape index (κ2) is 7.25. The molecule has 1 saturated heterocycles. The van der Waals surface area contributed by atoms with Gasteiger partial charge in [0.05, 0.1) is 21.8 Å². The van der Waals surface area contributed by atoms with Gasteiger partial charge in [-0.1, -0.05) is 11.6 Å². The van der Waals surface area contributed by atoms with Crippen LogP contribution in [-0.2, 0) is 27.1 Å². The zero-order valence-corrected chi connectivity index (χ0v) is 15.9. The lowest BCUT2D eigenvalue weighted by Crippen LogP contribution is -2.18. The van der Waals surface area contributed by atoms with Crippen LogP contribution in [0, 0.1) is 0 Å². The van der Waals surface area contributed by atoms with Crippen molar-refractivity contribution in [2.45, 2.75) is 31.9 Å². The molecule has 4 rings (SSSR count). The summed E-state index contributed by atoms with van der Waals surface area (Å²) in [7, 11) is -2.47. The average Bonchev–Trinajstić information content (AvgIpc) is 3.27. The van der Waals surface area contributed by atoms with Crippen molar-refractivity contribution >= 4 is 21.3 Å². The molecule has 0 atom stereocenters. The molecule has 1 fully saturated rings. The number of imidazole rings is 1. The molecule has 3 aromatic heterocycles. The maximum Gasteiger partial charge on any atom is 0.471 e. The van der Waals surface area contributed by atoms with Gasteiger partial charge in [0.1, 0.15) is 5.65 Å². The van der Waals surface area contributed by atoms with Gasteiger partial charge in [0.15, 0.2) is 0 Å². The summed E-state index contributed by atoms with van der Waals surface area (Å²) in [6.07, 6.45) is 0.831. The van der Waals surface area contributed by atoms with Crippen molar-refractivity contribution < 1.29 is 26.7 Å². The fraction of sp³-hybridized carbons (Fsp3) is 0.412. The first-order valence-electron chi connectivity index (χ1n) is 8.86. The van der Waals surface area contributed by atoms with E-state index >= 15 is 0 Å². The van der Waals surface area contributed by atoms with Crippen molar-refractivity contribution in [1.29, 1.82) is 0 Å². The number of nitrogens with zero attached hydrogens (tertiary/aromatic N) is 5. The van der Waals surface area contributed by atoms with E-state index < -0.39 is 27.7 Å². The van der Waals surface area contributed by atoms with E-state index in [1.54, 1.807) is 16.7 Å². The highest BCUT2D eigenvalue weighted by atomic mass is 32.2. The topological polar surface area (TPSA) is 103 Å². The Bertz CT molecular complexity index is 1180. The number of rotatable bonds is 3. The maximum atomic E-state index is 12.6. The van der Waals surface area contributed by atoms with Gasteiger partial charge in [-0.3, -0.25) is 4.79 Å². The summed E-state index contributed by atoms with van der Waals surface area (Å²) in [6, 6.07) is 3.06. The molecule has 1 aliphatic heterocycles. The summed E-state index contributed by atoms with van der Waals surface area (Å²) >= 11 is 0. The molecule has 12 heteroatoms. The third kappa shape index (κ3) is 4.31. The number of fused-ring (bicyclic) bond motifs is 1. The first-order chi connectivity index (χ1) is 13.7. The Morgan fingerprint density at radius 3 is 2.62 bits per heavy atom. The number of alkyl halides is 3. The van der Waals surface area contributed by atoms with Crippen LogP contribution in [0.2, 0.25) is 0 Å². The predicted molar refractivity (Wildman–Crippen MR) is 96.4 cm³/mol. The second-order valence-electron chi connectivity index (χ2n) is 6.74. The standard InChI is InChI=1S/C17H16F3N5O3S/c18-17(19,20)16-22-15(23-28-16)11-4-5-13-21-12(10-25(13)9-11)8-14(26)24-29(27)6-2-1-3-7-29/h4-5,9-10H,1-3,6-8H2. The van der Waals surface area contributed by atoms with Crippen LogP contribution in [0.5, 0.6) is 0 Å². The SMILES string of the molecule is O=C(Cc1cn2cc(-c3noc(C(F)(F)F)n3)ccc2n1)N=S1(=O)CCCCC1. The quantitative estimate of drug-likeness (QED) is 0.636. The molecule has 8 nitrogen and oxygen atoms in total. The van der Waals surface area contributed by atoms with Gasteiger partial charge in [-0.05, 0) is 25.0 Å². The van der Waals surface area contributed by atoms with Crippen LogP contribution < -0.4 is 0 Å². The maximum absolute atomic E-state index is 12.6. The molecule has 4 heterocycles. The Balaban J connectivity index is 1.56. The van der Waals surface area contributed by atoms with Crippen molar-refractivity contribution in [3.8, 4) is 11.4 Å². The third-order valence-electron chi connectivity index (χ3n) is 4.45. The number of carbonyl (C=O) groups excluding carboxylic acids is 1. The van der Waals surface area contributed by atoms with Crippen molar-refractivity contribution in [1.82, 2.24) is 19.5 Å². The molecule has 154 valence electrons. The Morgan fingerprint density at radius 1 is 1.17 bits per heavy atom. The van der Waals surface area contributed by atoms with Gasteiger partial charge in [0, 0.05) is 29.5 Å². The molecule has 0 saturated carbocycles. The second-order valence-corrected chi connectivity index (χ2v) is 9.28. The summed E-state index contributed by atoms with van der Waals surface area (Å²) in [4.78, 5) is 19.9. The molecule has 0 unspecified atom stereocenters. The third-order valence-corrected chi connectivity index (χ3v) is 6.84. The Hall–Kier alpha value is -2.76. The predicted octanol–water partition coefficient (Wildman–Crippen LogP) is 3.12. The molecule has 0 bridgehead atoms. The average molecular weight is 427 g/mol. The largest absolute Gasteiger partial charge is 0.471 e. The van der Waals surface area contributed by atoms with Crippen molar-refractivity contribution in [2.75, 3.05) is 11.5 Å². The van der Waals surface area contributed by atoms with Crippen LogP contribution in [0.15, 0.2) is 33.4 Å². The molecule has 1 amide bonds.